The highest BCUT2D eigenvalue weighted by Crippen LogP contribution is 2.09. The first-order valence-electron chi connectivity index (χ1n) is 6.91. The Morgan fingerprint density at radius 1 is 0.950 bits per heavy atom. The van der Waals surface area contributed by atoms with Gasteiger partial charge in [-0.3, -0.25) is 0 Å². The van der Waals surface area contributed by atoms with Crippen LogP contribution in [-0.2, 0) is 0 Å². The molecule has 0 atom stereocenters. The summed E-state index contributed by atoms with van der Waals surface area (Å²) in [6.07, 6.45) is 7.41. The lowest BCUT2D eigenvalue weighted by molar-refractivity contribution is 0.902. The van der Waals surface area contributed by atoms with Crippen molar-refractivity contribution in [1.29, 1.82) is 0 Å². The number of allylic oxidation sites excluding steroid dienone is 1. The molecule has 0 bridgehead atoms. The van der Waals surface area contributed by atoms with E-state index in [-0.39, 0.29) is 0 Å². The molecular weight excluding hydrogens is 262 g/mol. The van der Waals surface area contributed by atoms with Crippen LogP contribution in [-0.4, -0.2) is 4.99 Å². The Morgan fingerprint density at radius 2 is 1.60 bits per heavy atom. The van der Waals surface area contributed by atoms with Gasteiger partial charge in [-0.1, -0.05) is 72.9 Å². The van der Waals surface area contributed by atoms with Crippen molar-refractivity contribution in [1.82, 2.24) is 0 Å². The molecule has 0 aliphatic rings. The summed E-state index contributed by atoms with van der Waals surface area (Å²) in [6.45, 7) is 0. The number of unbranched alkanes of at least 4 members (excludes halogenated alkanes) is 1. The summed E-state index contributed by atoms with van der Waals surface area (Å²) in [6, 6.07) is 20.4. The molecule has 0 amide bonds. The van der Waals surface area contributed by atoms with Crippen molar-refractivity contribution < 1.29 is 0 Å². The van der Waals surface area contributed by atoms with Crippen LogP contribution in [0.5, 0.6) is 0 Å². The molecule has 2 aromatic rings. The Kier molecular flexibility index (Phi) is 6.00. The lowest BCUT2D eigenvalue weighted by atomic mass is 10.1. The first kappa shape index (κ1) is 14.5. The van der Waals surface area contributed by atoms with E-state index in [4.69, 9.17) is 12.2 Å². The van der Waals surface area contributed by atoms with Gasteiger partial charge in [-0.05, 0) is 37.0 Å². The van der Waals surface area contributed by atoms with Crippen molar-refractivity contribution in [3.05, 3.63) is 72.3 Å². The molecule has 2 heteroatoms. The van der Waals surface area contributed by atoms with Gasteiger partial charge in [0.15, 0.2) is 0 Å². The molecule has 102 valence electrons. The van der Waals surface area contributed by atoms with Crippen LogP contribution in [0.2, 0.25) is 0 Å². The molecule has 20 heavy (non-hydrogen) atoms. The van der Waals surface area contributed by atoms with Crippen LogP contribution in [0.15, 0.2) is 66.7 Å². The third kappa shape index (κ3) is 5.37. The van der Waals surface area contributed by atoms with Gasteiger partial charge >= 0.3 is 0 Å². The molecule has 0 aromatic heterocycles. The Morgan fingerprint density at radius 3 is 2.30 bits per heavy atom. The van der Waals surface area contributed by atoms with Crippen LogP contribution in [0.1, 0.15) is 24.8 Å². The summed E-state index contributed by atoms with van der Waals surface area (Å²) in [7, 11) is 0. The normalized spacial score (nSPS) is 10.6. The maximum absolute atomic E-state index is 5.34. The standard InChI is InChI=1S/C18H19NS/c20-18(19-17-13-7-3-8-14-17)15-9-2-6-12-16-10-4-1-5-11-16/h1,3-8,10-14H,2,9,15H2,(H,19,20)/b12-6-. The summed E-state index contributed by atoms with van der Waals surface area (Å²) in [5.41, 5.74) is 2.31. The minimum atomic E-state index is 0.907. The molecule has 0 unspecified atom stereocenters. The second-order valence-electron chi connectivity index (χ2n) is 4.62. The van der Waals surface area contributed by atoms with Gasteiger partial charge in [-0.15, -0.1) is 0 Å². The average Bonchev–Trinajstić information content (AvgIpc) is 2.49. The van der Waals surface area contributed by atoms with Crippen molar-refractivity contribution >= 4 is 29.0 Å². The Balaban J connectivity index is 1.66. The highest BCUT2D eigenvalue weighted by Gasteiger charge is 1.96. The second-order valence-corrected chi connectivity index (χ2v) is 5.11. The zero-order chi connectivity index (χ0) is 14.0. The number of anilines is 1. The molecule has 2 aromatic carbocycles. The monoisotopic (exact) mass is 281 g/mol. The van der Waals surface area contributed by atoms with Crippen LogP contribution in [0, 0.1) is 0 Å². The van der Waals surface area contributed by atoms with Gasteiger partial charge in [0.2, 0.25) is 0 Å². The van der Waals surface area contributed by atoms with Gasteiger partial charge < -0.3 is 5.32 Å². The van der Waals surface area contributed by atoms with Crippen molar-refractivity contribution in [3.63, 3.8) is 0 Å². The average molecular weight is 281 g/mol. The van der Waals surface area contributed by atoms with Gasteiger partial charge in [0, 0.05) is 5.69 Å². The van der Waals surface area contributed by atoms with Gasteiger partial charge in [0.05, 0.1) is 4.99 Å². The quantitative estimate of drug-likeness (QED) is 0.569. The maximum Gasteiger partial charge on any atom is 0.0797 e. The third-order valence-electron chi connectivity index (χ3n) is 2.94. The summed E-state index contributed by atoms with van der Waals surface area (Å²) >= 11 is 5.34. The van der Waals surface area contributed by atoms with E-state index in [1.807, 2.05) is 36.4 Å². The first-order chi connectivity index (χ1) is 9.84. The van der Waals surface area contributed by atoms with Crippen LogP contribution in [0.25, 0.3) is 6.08 Å². The molecule has 0 radical (unpaired) electrons. The third-order valence-corrected chi connectivity index (χ3v) is 3.25. The number of hydrogen-bond donors (Lipinski definition) is 1. The van der Waals surface area contributed by atoms with E-state index in [2.05, 4.69) is 41.7 Å². The van der Waals surface area contributed by atoms with E-state index in [9.17, 15) is 0 Å². The SMILES string of the molecule is S=C(CCC/C=C\c1ccccc1)Nc1ccccc1. The Hall–Kier alpha value is -1.93. The number of benzene rings is 2. The summed E-state index contributed by atoms with van der Waals surface area (Å²) < 4.78 is 0. The molecule has 0 fully saturated rings. The fourth-order valence-electron chi connectivity index (χ4n) is 1.91. The molecule has 2 rings (SSSR count). The zero-order valence-electron chi connectivity index (χ0n) is 11.5. The maximum atomic E-state index is 5.34. The van der Waals surface area contributed by atoms with Crippen LogP contribution in [0.3, 0.4) is 0 Å². The van der Waals surface area contributed by atoms with E-state index in [0.717, 1.165) is 29.9 Å². The van der Waals surface area contributed by atoms with Crippen LogP contribution in [0.4, 0.5) is 5.69 Å². The van der Waals surface area contributed by atoms with Crippen molar-refractivity contribution in [3.8, 4) is 0 Å². The molecule has 1 N–H and O–H groups in total. The number of hydrogen-bond acceptors (Lipinski definition) is 1. The van der Waals surface area contributed by atoms with Crippen molar-refractivity contribution in [2.45, 2.75) is 19.3 Å². The topological polar surface area (TPSA) is 12.0 Å². The van der Waals surface area contributed by atoms with E-state index in [1.54, 1.807) is 0 Å². The molecule has 0 heterocycles. The lowest BCUT2D eigenvalue weighted by Gasteiger charge is -2.06. The molecule has 0 spiro atoms. The van der Waals surface area contributed by atoms with E-state index < -0.39 is 0 Å². The number of nitrogens with one attached hydrogen (secondary N) is 1. The zero-order valence-corrected chi connectivity index (χ0v) is 12.3. The van der Waals surface area contributed by atoms with Crippen LogP contribution >= 0.6 is 12.2 Å². The minimum Gasteiger partial charge on any atom is -0.350 e. The summed E-state index contributed by atoms with van der Waals surface area (Å²) in [5.74, 6) is 0. The Labute approximate surface area is 126 Å². The van der Waals surface area contributed by atoms with Gasteiger partial charge in [-0.25, -0.2) is 0 Å². The molecular formula is C18H19NS. The largest absolute Gasteiger partial charge is 0.350 e. The Bertz CT molecular complexity index is 546. The van der Waals surface area contributed by atoms with E-state index in [0.29, 0.717) is 0 Å². The predicted octanol–water partition coefficient (Wildman–Crippen LogP) is 5.31. The molecule has 0 aliphatic carbocycles. The highest BCUT2D eigenvalue weighted by molar-refractivity contribution is 7.80. The van der Waals surface area contributed by atoms with Gasteiger partial charge in [0.1, 0.15) is 0 Å². The van der Waals surface area contributed by atoms with Gasteiger partial charge in [-0.2, -0.15) is 0 Å². The van der Waals surface area contributed by atoms with Crippen molar-refractivity contribution in [2.75, 3.05) is 5.32 Å². The second kappa shape index (κ2) is 8.28. The first-order valence-corrected chi connectivity index (χ1v) is 7.32. The van der Waals surface area contributed by atoms with E-state index >= 15 is 0 Å². The minimum absolute atomic E-state index is 0.907. The fourth-order valence-corrected chi connectivity index (χ4v) is 2.17. The summed E-state index contributed by atoms with van der Waals surface area (Å²) in [4.78, 5) is 0.907. The number of thiocarbonyl (C=S) groups is 1. The fraction of sp³-hybridized carbons (Fsp3) is 0.167. The molecule has 0 aliphatic heterocycles. The van der Waals surface area contributed by atoms with Crippen molar-refractivity contribution in [2.24, 2.45) is 0 Å². The smallest absolute Gasteiger partial charge is 0.0797 e. The number of rotatable bonds is 6. The van der Waals surface area contributed by atoms with E-state index in [1.165, 1.54) is 5.56 Å². The molecule has 0 saturated carbocycles. The number of para-hydroxylation sites is 1. The highest BCUT2D eigenvalue weighted by atomic mass is 32.1. The predicted molar refractivity (Wildman–Crippen MR) is 92.0 cm³/mol. The molecule has 0 saturated heterocycles. The van der Waals surface area contributed by atoms with Gasteiger partial charge in [0.25, 0.3) is 0 Å². The lowest BCUT2D eigenvalue weighted by Crippen LogP contribution is -2.08. The molecule has 1 nitrogen and oxygen atoms in total. The summed E-state index contributed by atoms with van der Waals surface area (Å²) in [5, 5.41) is 3.26. The van der Waals surface area contributed by atoms with Crippen LogP contribution < -0.4 is 5.32 Å².